The number of nitrogens with zero attached hydrogens (tertiary/aromatic N) is 4. The molecule has 1 fully saturated rings. The number of piperidine rings is 1. The molecular weight excluding hydrogens is 336 g/mol. The maximum atomic E-state index is 12.1. The standard InChI is InChI=1S/C17H22N6O3/c1-12-11-19-16(20-13-7-6-8-18-15(13)25-2)21-14(12)22-26-17(24)23-9-4-3-5-10-23/h6-8,11H,3-5,9-10H2,1-2H3,(H2,19,20,21,22). The quantitative estimate of drug-likeness (QED) is 0.787. The largest absolute Gasteiger partial charge is 0.480 e. The van der Waals surface area contributed by atoms with Crippen LogP contribution in [-0.4, -0.2) is 46.1 Å². The van der Waals surface area contributed by atoms with Crippen molar-refractivity contribution in [3.05, 3.63) is 30.1 Å². The van der Waals surface area contributed by atoms with Crippen molar-refractivity contribution in [1.29, 1.82) is 0 Å². The van der Waals surface area contributed by atoms with Crippen LogP contribution in [0.4, 0.5) is 22.2 Å². The first-order valence-electron chi connectivity index (χ1n) is 8.49. The van der Waals surface area contributed by atoms with Crippen molar-refractivity contribution in [3.8, 4) is 5.88 Å². The maximum Gasteiger partial charge on any atom is 0.434 e. The topological polar surface area (TPSA) is 102 Å². The molecule has 9 nitrogen and oxygen atoms in total. The Morgan fingerprint density at radius 1 is 1.23 bits per heavy atom. The summed E-state index contributed by atoms with van der Waals surface area (Å²) >= 11 is 0. The van der Waals surface area contributed by atoms with Crippen LogP contribution >= 0.6 is 0 Å². The summed E-state index contributed by atoms with van der Waals surface area (Å²) in [4.78, 5) is 31.7. The minimum Gasteiger partial charge on any atom is -0.480 e. The van der Waals surface area contributed by atoms with E-state index in [1.807, 2.05) is 6.92 Å². The van der Waals surface area contributed by atoms with Crippen LogP contribution in [0.3, 0.4) is 0 Å². The third-order valence-corrected chi connectivity index (χ3v) is 4.03. The zero-order valence-electron chi connectivity index (χ0n) is 14.9. The molecule has 0 radical (unpaired) electrons. The van der Waals surface area contributed by atoms with Gasteiger partial charge in [0.05, 0.1) is 7.11 Å². The van der Waals surface area contributed by atoms with Gasteiger partial charge in [0.2, 0.25) is 11.8 Å². The van der Waals surface area contributed by atoms with Gasteiger partial charge in [0.1, 0.15) is 5.69 Å². The number of aromatic nitrogens is 3. The number of pyridine rings is 1. The first kappa shape index (κ1) is 17.7. The summed E-state index contributed by atoms with van der Waals surface area (Å²) in [6.45, 7) is 3.26. The molecule has 1 amide bonds. The number of amides is 1. The smallest absolute Gasteiger partial charge is 0.434 e. The summed E-state index contributed by atoms with van der Waals surface area (Å²) in [6.07, 6.45) is 6.02. The van der Waals surface area contributed by atoms with Gasteiger partial charge >= 0.3 is 6.09 Å². The lowest BCUT2D eigenvalue weighted by molar-refractivity contribution is 0.114. The molecule has 0 aliphatic carbocycles. The molecule has 2 aromatic heterocycles. The summed E-state index contributed by atoms with van der Waals surface area (Å²) in [7, 11) is 1.54. The van der Waals surface area contributed by atoms with Gasteiger partial charge in [0.25, 0.3) is 0 Å². The van der Waals surface area contributed by atoms with Crippen LogP contribution in [0.5, 0.6) is 5.88 Å². The minimum atomic E-state index is -0.397. The fourth-order valence-electron chi connectivity index (χ4n) is 2.61. The van der Waals surface area contributed by atoms with Crippen molar-refractivity contribution < 1.29 is 14.4 Å². The lowest BCUT2D eigenvalue weighted by Crippen LogP contribution is -2.37. The minimum absolute atomic E-state index is 0.332. The highest BCUT2D eigenvalue weighted by Crippen LogP contribution is 2.24. The maximum absolute atomic E-state index is 12.1. The Hall–Kier alpha value is -3.10. The number of anilines is 3. The summed E-state index contributed by atoms with van der Waals surface area (Å²) in [5.74, 6) is 1.18. The molecule has 0 bridgehead atoms. The van der Waals surface area contributed by atoms with E-state index in [-0.39, 0.29) is 0 Å². The van der Waals surface area contributed by atoms with Crippen molar-refractivity contribution in [2.75, 3.05) is 31.0 Å². The SMILES string of the molecule is COc1ncccc1Nc1ncc(C)c(NOC(=O)N2CCCCC2)n1. The van der Waals surface area contributed by atoms with Crippen molar-refractivity contribution in [1.82, 2.24) is 19.9 Å². The molecule has 138 valence electrons. The van der Waals surface area contributed by atoms with E-state index >= 15 is 0 Å². The highest BCUT2D eigenvalue weighted by Gasteiger charge is 2.18. The van der Waals surface area contributed by atoms with Gasteiger partial charge in [-0.3, -0.25) is 0 Å². The number of aryl methyl sites for hydroxylation is 1. The summed E-state index contributed by atoms with van der Waals surface area (Å²) in [5.41, 5.74) is 4.02. The second kappa shape index (κ2) is 8.32. The number of hydrogen-bond acceptors (Lipinski definition) is 8. The normalized spacial score (nSPS) is 13.8. The molecule has 0 unspecified atom stereocenters. The highest BCUT2D eigenvalue weighted by atomic mass is 16.7. The van der Waals surface area contributed by atoms with Crippen molar-refractivity contribution >= 4 is 23.5 Å². The molecule has 2 aromatic rings. The molecule has 0 spiro atoms. The molecule has 0 saturated carbocycles. The van der Waals surface area contributed by atoms with Gasteiger partial charge < -0.3 is 19.8 Å². The molecule has 2 N–H and O–H groups in total. The number of carbonyl (C=O) groups excluding carboxylic acids is 1. The van der Waals surface area contributed by atoms with E-state index in [1.165, 1.54) is 7.11 Å². The molecule has 0 aromatic carbocycles. The van der Waals surface area contributed by atoms with Crippen LogP contribution in [0.25, 0.3) is 0 Å². The Bertz CT molecular complexity index is 764. The predicted octanol–water partition coefficient (Wildman–Crippen LogP) is 2.88. The van der Waals surface area contributed by atoms with E-state index in [2.05, 4.69) is 25.7 Å². The number of methoxy groups -OCH3 is 1. The number of carbonyl (C=O) groups is 1. The van der Waals surface area contributed by atoms with Crippen LogP contribution in [0, 0.1) is 6.92 Å². The Balaban J connectivity index is 1.66. The molecule has 1 saturated heterocycles. The highest BCUT2D eigenvalue weighted by molar-refractivity contribution is 5.69. The average Bonchev–Trinajstić information content (AvgIpc) is 2.69. The van der Waals surface area contributed by atoms with Crippen molar-refractivity contribution in [2.24, 2.45) is 0 Å². The van der Waals surface area contributed by atoms with E-state index in [0.717, 1.165) is 37.9 Å². The van der Waals surface area contributed by atoms with Crippen molar-refractivity contribution in [2.45, 2.75) is 26.2 Å². The number of nitrogens with one attached hydrogen (secondary N) is 2. The van der Waals surface area contributed by atoms with Gasteiger partial charge in [-0.25, -0.2) is 14.8 Å². The van der Waals surface area contributed by atoms with Gasteiger partial charge in [0.15, 0.2) is 5.82 Å². The molecule has 3 rings (SSSR count). The molecule has 9 heteroatoms. The van der Waals surface area contributed by atoms with Crippen LogP contribution in [0.15, 0.2) is 24.5 Å². The van der Waals surface area contributed by atoms with E-state index in [0.29, 0.717) is 23.3 Å². The molecule has 1 aliphatic heterocycles. The second-order valence-electron chi connectivity index (χ2n) is 5.93. The van der Waals surface area contributed by atoms with E-state index in [9.17, 15) is 4.79 Å². The van der Waals surface area contributed by atoms with Crippen LogP contribution in [0.1, 0.15) is 24.8 Å². The van der Waals surface area contributed by atoms with Gasteiger partial charge in [-0.05, 0) is 38.3 Å². The number of rotatable bonds is 5. The molecule has 1 aliphatic rings. The summed E-state index contributed by atoms with van der Waals surface area (Å²) in [5, 5.41) is 3.04. The van der Waals surface area contributed by atoms with Crippen LogP contribution in [0.2, 0.25) is 0 Å². The molecule has 26 heavy (non-hydrogen) atoms. The molecule has 3 heterocycles. The van der Waals surface area contributed by atoms with Crippen LogP contribution in [-0.2, 0) is 4.84 Å². The number of hydrogen-bond donors (Lipinski definition) is 2. The first-order valence-corrected chi connectivity index (χ1v) is 8.49. The van der Waals surface area contributed by atoms with Gasteiger partial charge in [-0.2, -0.15) is 10.5 Å². The first-order chi connectivity index (χ1) is 12.7. The average molecular weight is 358 g/mol. The van der Waals surface area contributed by atoms with Gasteiger partial charge in [-0.1, -0.05) is 0 Å². The van der Waals surface area contributed by atoms with E-state index in [4.69, 9.17) is 9.57 Å². The Labute approximate surface area is 151 Å². The van der Waals surface area contributed by atoms with Gasteiger partial charge in [0, 0.05) is 31.0 Å². The van der Waals surface area contributed by atoms with E-state index in [1.54, 1.807) is 29.4 Å². The summed E-state index contributed by atoms with van der Waals surface area (Å²) in [6, 6.07) is 3.58. The Morgan fingerprint density at radius 2 is 2.04 bits per heavy atom. The predicted molar refractivity (Wildman–Crippen MR) is 96.4 cm³/mol. The van der Waals surface area contributed by atoms with Crippen molar-refractivity contribution in [3.63, 3.8) is 0 Å². The second-order valence-corrected chi connectivity index (χ2v) is 5.93. The third kappa shape index (κ3) is 4.29. The van der Waals surface area contributed by atoms with Gasteiger partial charge in [-0.15, -0.1) is 0 Å². The molecular formula is C17H22N6O3. The summed E-state index contributed by atoms with van der Waals surface area (Å²) < 4.78 is 5.20. The van der Waals surface area contributed by atoms with Crippen LogP contribution < -0.4 is 15.5 Å². The molecule has 0 atom stereocenters. The third-order valence-electron chi connectivity index (χ3n) is 4.03. The number of ether oxygens (including phenoxy) is 1. The fourth-order valence-corrected chi connectivity index (χ4v) is 2.61. The zero-order valence-corrected chi connectivity index (χ0v) is 14.9. The monoisotopic (exact) mass is 358 g/mol. The fraction of sp³-hybridized carbons (Fsp3) is 0.412. The Morgan fingerprint density at radius 3 is 2.81 bits per heavy atom. The lowest BCUT2D eigenvalue weighted by Gasteiger charge is -2.25. The zero-order chi connectivity index (χ0) is 18.4. The van der Waals surface area contributed by atoms with E-state index < -0.39 is 6.09 Å². The lowest BCUT2D eigenvalue weighted by atomic mass is 10.1. The Kier molecular flexibility index (Phi) is 5.67. The number of likely N-dealkylation sites (tertiary alicyclic amines) is 1.